The summed E-state index contributed by atoms with van der Waals surface area (Å²) in [5.41, 5.74) is 1.22. The molecule has 1 amide bonds. The SMILES string of the molecule is CCS(=O)(=O)c1ccc2c(c1)N(Cc1ccccc1Cl)C(=O)C(C)O2. The van der Waals surface area contributed by atoms with Crippen LogP contribution >= 0.6 is 11.6 Å². The maximum Gasteiger partial charge on any atom is 0.268 e. The van der Waals surface area contributed by atoms with Gasteiger partial charge in [0, 0.05) is 5.02 Å². The summed E-state index contributed by atoms with van der Waals surface area (Å²) in [6, 6.07) is 11.8. The zero-order chi connectivity index (χ0) is 18.2. The molecule has 1 aliphatic rings. The molecule has 1 atom stereocenters. The second-order valence-electron chi connectivity index (χ2n) is 5.81. The van der Waals surface area contributed by atoms with E-state index in [1.807, 2.05) is 18.2 Å². The minimum Gasteiger partial charge on any atom is -0.479 e. The molecule has 1 unspecified atom stereocenters. The third-order valence-corrected chi connectivity index (χ3v) is 6.27. The fraction of sp³-hybridized carbons (Fsp3) is 0.278. The monoisotopic (exact) mass is 379 g/mol. The lowest BCUT2D eigenvalue weighted by molar-refractivity contribution is -0.125. The third kappa shape index (κ3) is 3.37. The van der Waals surface area contributed by atoms with Crippen molar-refractivity contribution in [2.24, 2.45) is 0 Å². The molecule has 5 nitrogen and oxygen atoms in total. The maximum absolute atomic E-state index is 12.6. The molecule has 3 rings (SSSR count). The number of nitrogens with zero attached hydrogens (tertiary/aromatic N) is 1. The molecule has 7 heteroatoms. The molecule has 0 saturated heterocycles. The highest BCUT2D eigenvalue weighted by Crippen LogP contribution is 2.37. The summed E-state index contributed by atoms with van der Waals surface area (Å²) < 4.78 is 30.0. The van der Waals surface area contributed by atoms with Gasteiger partial charge in [-0.1, -0.05) is 36.7 Å². The van der Waals surface area contributed by atoms with Gasteiger partial charge in [-0.05, 0) is 36.8 Å². The minimum absolute atomic E-state index is 0.0124. The van der Waals surface area contributed by atoms with Crippen LogP contribution in [0.5, 0.6) is 5.75 Å². The quantitative estimate of drug-likeness (QED) is 0.816. The fourth-order valence-electron chi connectivity index (χ4n) is 2.71. The van der Waals surface area contributed by atoms with Crippen LogP contribution < -0.4 is 9.64 Å². The molecule has 132 valence electrons. The van der Waals surface area contributed by atoms with Gasteiger partial charge in [0.25, 0.3) is 5.91 Å². The van der Waals surface area contributed by atoms with Gasteiger partial charge in [0.05, 0.1) is 22.9 Å². The number of ether oxygens (including phenoxy) is 1. The molecule has 1 heterocycles. The Morgan fingerprint density at radius 3 is 2.60 bits per heavy atom. The number of rotatable bonds is 4. The highest BCUT2D eigenvalue weighted by atomic mass is 35.5. The molecule has 0 spiro atoms. The van der Waals surface area contributed by atoms with Crippen LogP contribution in [0, 0.1) is 0 Å². The molecule has 1 aliphatic heterocycles. The number of fused-ring (bicyclic) bond motifs is 1. The molecule has 2 aromatic rings. The number of benzene rings is 2. The highest BCUT2D eigenvalue weighted by Gasteiger charge is 2.32. The van der Waals surface area contributed by atoms with Crippen molar-refractivity contribution in [2.45, 2.75) is 31.4 Å². The van der Waals surface area contributed by atoms with Gasteiger partial charge in [0.1, 0.15) is 5.75 Å². The zero-order valence-corrected chi connectivity index (χ0v) is 15.5. The molecule has 0 bridgehead atoms. The van der Waals surface area contributed by atoms with E-state index in [0.29, 0.717) is 16.5 Å². The Morgan fingerprint density at radius 2 is 1.92 bits per heavy atom. The predicted molar refractivity (Wildman–Crippen MR) is 96.9 cm³/mol. The number of anilines is 1. The lowest BCUT2D eigenvalue weighted by Gasteiger charge is -2.33. The molecule has 0 radical (unpaired) electrons. The first kappa shape index (κ1) is 17.8. The van der Waals surface area contributed by atoms with Crippen molar-refractivity contribution in [1.82, 2.24) is 0 Å². The second kappa shape index (κ2) is 6.69. The number of carbonyl (C=O) groups is 1. The summed E-state index contributed by atoms with van der Waals surface area (Å²) in [7, 11) is -3.39. The van der Waals surface area contributed by atoms with Crippen molar-refractivity contribution in [1.29, 1.82) is 0 Å². The molecule has 2 aromatic carbocycles. The average molecular weight is 380 g/mol. The van der Waals surface area contributed by atoms with Crippen molar-refractivity contribution >= 4 is 33.0 Å². The average Bonchev–Trinajstić information content (AvgIpc) is 2.60. The van der Waals surface area contributed by atoms with Crippen LogP contribution in [-0.4, -0.2) is 26.2 Å². The Bertz CT molecular complexity index is 926. The fourth-order valence-corrected chi connectivity index (χ4v) is 3.80. The first-order valence-electron chi connectivity index (χ1n) is 7.91. The van der Waals surface area contributed by atoms with Crippen LogP contribution in [0.15, 0.2) is 47.4 Å². The Balaban J connectivity index is 2.08. The van der Waals surface area contributed by atoms with Crippen LogP contribution in [0.4, 0.5) is 5.69 Å². The molecule has 0 N–H and O–H groups in total. The standard InChI is InChI=1S/C18H18ClNO4S/c1-3-25(22,23)14-8-9-17-16(10-14)20(18(21)12(2)24-17)11-13-6-4-5-7-15(13)19/h4-10,12H,3,11H2,1-2H3. The lowest BCUT2D eigenvalue weighted by atomic mass is 10.1. The van der Waals surface area contributed by atoms with Crippen molar-refractivity contribution in [2.75, 3.05) is 10.7 Å². The number of carbonyl (C=O) groups excluding carboxylic acids is 1. The van der Waals surface area contributed by atoms with Gasteiger partial charge in [0.15, 0.2) is 15.9 Å². The smallest absolute Gasteiger partial charge is 0.268 e. The number of amides is 1. The third-order valence-electron chi connectivity index (χ3n) is 4.16. The summed E-state index contributed by atoms with van der Waals surface area (Å²) in [6.07, 6.45) is -0.649. The maximum atomic E-state index is 12.6. The van der Waals surface area contributed by atoms with E-state index < -0.39 is 15.9 Å². The first-order valence-corrected chi connectivity index (χ1v) is 9.94. The molecule has 25 heavy (non-hydrogen) atoms. The molecule has 0 aliphatic carbocycles. The van der Waals surface area contributed by atoms with Gasteiger partial charge in [-0.3, -0.25) is 4.79 Å². The largest absolute Gasteiger partial charge is 0.479 e. The van der Waals surface area contributed by atoms with Crippen molar-refractivity contribution in [3.8, 4) is 5.75 Å². The van der Waals surface area contributed by atoms with Crippen molar-refractivity contribution in [3.05, 3.63) is 53.1 Å². The Hall–Kier alpha value is -2.05. The van der Waals surface area contributed by atoms with E-state index in [1.54, 1.807) is 26.0 Å². The predicted octanol–water partition coefficient (Wildman–Crippen LogP) is 3.45. The summed E-state index contributed by atoms with van der Waals surface area (Å²) in [5.74, 6) is 0.231. The summed E-state index contributed by atoms with van der Waals surface area (Å²) in [4.78, 5) is 14.3. The van der Waals surface area contributed by atoms with E-state index in [0.717, 1.165) is 5.56 Å². The molecule has 0 saturated carbocycles. The van der Waals surface area contributed by atoms with Crippen molar-refractivity contribution in [3.63, 3.8) is 0 Å². The molecule has 0 fully saturated rings. The van der Waals surface area contributed by atoms with E-state index in [2.05, 4.69) is 0 Å². The number of hydrogen-bond donors (Lipinski definition) is 0. The topological polar surface area (TPSA) is 63.7 Å². The zero-order valence-electron chi connectivity index (χ0n) is 13.9. The van der Waals surface area contributed by atoms with Gasteiger partial charge in [0.2, 0.25) is 0 Å². The van der Waals surface area contributed by atoms with Crippen LogP contribution in [0.1, 0.15) is 19.4 Å². The highest BCUT2D eigenvalue weighted by molar-refractivity contribution is 7.91. The number of hydrogen-bond acceptors (Lipinski definition) is 4. The molecular formula is C18H18ClNO4S. The summed E-state index contributed by atoms with van der Waals surface area (Å²) in [5, 5.41) is 0.549. The second-order valence-corrected chi connectivity index (χ2v) is 8.49. The minimum atomic E-state index is -3.39. The van der Waals surface area contributed by atoms with Crippen LogP contribution in [-0.2, 0) is 21.2 Å². The van der Waals surface area contributed by atoms with Gasteiger partial charge in [-0.25, -0.2) is 8.42 Å². The van der Waals surface area contributed by atoms with Gasteiger partial charge in [-0.2, -0.15) is 0 Å². The molecular weight excluding hydrogens is 362 g/mol. The van der Waals surface area contributed by atoms with Crippen molar-refractivity contribution < 1.29 is 17.9 Å². The summed E-state index contributed by atoms with van der Waals surface area (Å²) >= 11 is 6.22. The van der Waals surface area contributed by atoms with Crippen LogP contribution in [0.2, 0.25) is 5.02 Å². The lowest BCUT2D eigenvalue weighted by Crippen LogP contribution is -2.44. The first-order chi connectivity index (χ1) is 11.8. The molecule has 0 aromatic heterocycles. The van der Waals surface area contributed by atoms with Crippen LogP contribution in [0.3, 0.4) is 0 Å². The Morgan fingerprint density at radius 1 is 1.20 bits per heavy atom. The number of sulfone groups is 1. The van der Waals surface area contributed by atoms with E-state index >= 15 is 0 Å². The van der Waals surface area contributed by atoms with Gasteiger partial charge in [-0.15, -0.1) is 0 Å². The van der Waals surface area contributed by atoms with E-state index in [9.17, 15) is 13.2 Å². The Kier molecular flexibility index (Phi) is 4.75. The normalized spacial score (nSPS) is 17.2. The van der Waals surface area contributed by atoms with Gasteiger partial charge < -0.3 is 9.64 Å². The van der Waals surface area contributed by atoms with E-state index in [-0.39, 0.29) is 23.1 Å². The summed E-state index contributed by atoms with van der Waals surface area (Å²) in [6.45, 7) is 3.50. The van der Waals surface area contributed by atoms with Gasteiger partial charge >= 0.3 is 0 Å². The van der Waals surface area contributed by atoms with Crippen LogP contribution in [0.25, 0.3) is 0 Å². The number of halogens is 1. The van der Waals surface area contributed by atoms with E-state index in [1.165, 1.54) is 17.0 Å². The van der Waals surface area contributed by atoms with E-state index in [4.69, 9.17) is 16.3 Å². The Labute approximate surface area is 152 Å².